The second-order valence-electron chi connectivity index (χ2n) is 4.09. The number of rotatable bonds is 3. The molecule has 0 saturated carbocycles. The fraction of sp³-hybridized carbons (Fsp3) is 0.200. The van der Waals surface area contributed by atoms with E-state index in [2.05, 4.69) is 4.99 Å². The summed E-state index contributed by atoms with van der Waals surface area (Å²) in [6, 6.07) is 7.32. The lowest BCUT2D eigenvalue weighted by atomic mass is 9.99. The normalized spacial score (nSPS) is 20.1. The van der Waals surface area contributed by atoms with Gasteiger partial charge >= 0.3 is 0 Å². The lowest BCUT2D eigenvalue weighted by molar-refractivity contribution is -0.117. The van der Waals surface area contributed by atoms with Gasteiger partial charge < -0.3 is 4.74 Å². The van der Waals surface area contributed by atoms with Gasteiger partial charge in [-0.15, -0.1) is 0 Å². The SMILES string of the molecule is COc1ccc(C=C2C=CC=NC2C(C)=O)cc1. The van der Waals surface area contributed by atoms with Gasteiger partial charge in [0.25, 0.3) is 0 Å². The first-order chi connectivity index (χ1) is 8.70. The van der Waals surface area contributed by atoms with Gasteiger partial charge in [-0.25, -0.2) is 0 Å². The number of hydrogen-bond donors (Lipinski definition) is 0. The highest BCUT2D eigenvalue weighted by atomic mass is 16.5. The van der Waals surface area contributed by atoms with Crippen molar-refractivity contribution in [1.82, 2.24) is 0 Å². The van der Waals surface area contributed by atoms with Crippen molar-refractivity contribution in [3.63, 3.8) is 0 Å². The minimum Gasteiger partial charge on any atom is -0.497 e. The van der Waals surface area contributed by atoms with Gasteiger partial charge in [-0.05, 0) is 42.3 Å². The van der Waals surface area contributed by atoms with Crippen LogP contribution in [0.3, 0.4) is 0 Å². The molecule has 18 heavy (non-hydrogen) atoms. The Morgan fingerprint density at radius 3 is 2.67 bits per heavy atom. The van der Waals surface area contributed by atoms with Crippen molar-refractivity contribution in [2.24, 2.45) is 4.99 Å². The van der Waals surface area contributed by atoms with Crippen LogP contribution in [0.2, 0.25) is 0 Å². The largest absolute Gasteiger partial charge is 0.497 e. The number of ether oxygens (including phenoxy) is 1. The van der Waals surface area contributed by atoms with Crippen molar-refractivity contribution in [2.45, 2.75) is 13.0 Å². The van der Waals surface area contributed by atoms with Crippen LogP contribution in [0.1, 0.15) is 12.5 Å². The average molecular weight is 241 g/mol. The first-order valence-electron chi connectivity index (χ1n) is 5.76. The fourth-order valence-corrected chi connectivity index (χ4v) is 1.83. The van der Waals surface area contributed by atoms with Crippen LogP contribution in [0, 0.1) is 0 Å². The number of allylic oxidation sites excluding steroid dienone is 1. The highest BCUT2D eigenvalue weighted by Gasteiger charge is 2.17. The van der Waals surface area contributed by atoms with Crippen molar-refractivity contribution in [3.8, 4) is 5.75 Å². The van der Waals surface area contributed by atoms with E-state index in [1.54, 1.807) is 20.2 Å². The molecule has 0 bridgehead atoms. The number of benzene rings is 1. The lowest BCUT2D eigenvalue weighted by Crippen LogP contribution is -2.19. The van der Waals surface area contributed by atoms with Crippen LogP contribution in [-0.4, -0.2) is 25.1 Å². The maximum atomic E-state index is 11.5. The Kier molecular flexibility index (Phi) is 3.72. The maximum Gasteiger partial charge on any atom is 0.158 e. The predicted molar refractivity (Wildman–Crippen MR) is 73.1 cm³/mol. The Morgan fingerprint density at radius 1 is 1.33 bits per heavy atom. The number of nitrogens with zero attached hydrogens (tertiary/aromatic N) is 1. The lowest BCUT2D eigenvalue weighted by Gasteiger charge is -2.13. The van der Waals surface area contributed by atoms with E-state index in [4.69, 9.17) is 4.74 Å². The molecule has 1 heterocycles. The topological polar surface area (TPSA) is 38.7 Å². The van der Waals surface area contributed by atoms with Gasteiger partial charge in [0, 0.05) is 6.21 Å². The Labute approximate surface area is 107 Å². The van der Waals surface area contributed by atoms with Gasteiger partial charge in [0.05, 0.1) is 7.11 Å². The third-order valence-electron chi connectivity index (χ3n) is 2.76. The van der Waals surface area contributed by atoms with Crippen LogP contribution in [-0.2, 0) is 4.79 Å². The first-order valence-corrected chi connectivity index (χ1v) is 5.76. The summed E-state index contributed by atoms with van der Waals surface area (Å²) >= 11 is 0. The molecule has 3 nitrogen and oxygen atoms in total. The highest BCUT2D eigenvalue weighted by molar-refractivity contribution is 5.92. The number of carbonyl (C=O) groups excluding carboxylic acids is 1. The third kappa shape index (κ3) is 2.74. The summed E-state index contributed by atoms with van der Waals surface area (Å²) in [6.45, 7) is 1.56. The molecular formula is C15H15NO2. The molecule has 0 amide bonds. The number of Topliss-reactive ketones (excluding diaryl/α,β-unsaturated/α-hetero) is 1. The molecule has 0 aliphatic carbocycles. The molecule has 1 aliphatic heterocycles. The summed E-state index contributed by atoms with van der Waals surface area (Å²) in [7, 11) is 1.64. The van der Waals surface area contributed by atoms with Gasteiger partial charge in [-0.2, -0.15) is 0 Å². The number of aliphatic imine (C=N–C) groups is 1. The van der Waals surface area contributed by atoms with Crippen LogP contribution in [0.25, 0.3) is 6.08 Å². The standard InChI is InChI=1S/C15H15NO2/c1-11(17)15-13(4-3-9-16-15)10-12-5-7-14(18-2)8-6-12/h3-10,15H,1-2H3. The van der Waals surface area contributed by atoms with Crippen molar-refractivity contribution >= 4 is 18.1 Å². The fourth-order valence-electron chi connectivity index (χ4n) is 1.83. The van der Waals surface area contributed by atoms with E-state index in [-0.39, 0.29) is 11.8 Å². The number of dihydropyridines is 1. The van der Waals surface area contributed by atoms with Gasteiger partial charge in [0.1, 0.15) is 11.8 Å². The molecule has 0 spiro atoms. The van der Waals surface area contributed by atoms with Crippen LogP contribution in [0.5, 0.6) is 5.75 Å². The Hall–Kier alpha value is -2.16. The summed E-state index contributed by atoms with van der Waals surface area (Å²) in [4.78, 5) is 15.7. The number of methoxy groups -OCH3 is 1. The zero-order valence-electron chi connectivity index (χ0n) is 10.5. The number of hydrogen-bond acceptors (Lipinski definition) is 3. The molecule has 2 rings (SSSR count). The monoisotopic (exact) mass is 241 g/mol. The molecule has 0 radical (unpaired) electrons. The summed E-state index contributed by atoms with van der Waals surface area (Å²) in [5.41, 5.74) is 1.94. The minimum absolute atomic E-state index is 0.0513. The third-order valence-corrected chi connectivity index (χ3v) is 2.76. The summed E-state index contributed by atoms with van der Waals surface area (Å²) < 4.78 is 5.11. The molecular weight excluding hydrogens is 226 g/mol. The van der Waals surface area contributed by atoms with E-state index in [9.17, 15) is 4.79 Å². The van der Waals surface area contributed by atoms with Crippen LogP contribution >= 0.6 is 0 Å². The molecule has 1 aliphatic rings. The molecule has 3 heteroatoms. The zero-order chi connectivity index (χ0) is 13.0. The molecule has 0 fully saturated rings. The Balaban J connectivity index is 2.27. The smallest absolute Gasteiger partial charge is 0.158 e. The number of ketones is 1. The molecule has 1 aromatic carbocycles. The van der Waals surface area contributed by atoms with Gasteiger partial charge in [0.15, 0.2) is 5.78 Å². The number of carbonyl (C=O) groups is 1. The van der Waals surface area contributed by atoms with E-state index in [0.717, 1.165) is 16.9 Å². The average Bonchev–Trinajstić information content (AvgIpc) is 2.40. The summed E-state index contributed by atoms with van der Waals surface area (Å²) in [5, 5.41) is 0. The second kappa shape index (κ2) is 5.45. The van der Waals surface area contributed by atoms with E-state index in [0.29, 0.717) is 0 Å². The molecule has 1 unspecified atom stereocenters. The Bertz CT molecular complexity index is 524. The van der Waals surface area contributed by atoms with Crippen LogP contribution < -0.4 is 4.74 Å². The predicted octanol–water partition coefficient (Wildman–Crippen LogP) is 2.68. The zero-order valence-corrected chi connectivity index (χ0v) is 10.5. The first kappa shape index (κ1) is 12.3. The van der Waals surface area contributed by atoms with Crippen molar-refractivity contribution in [3.05, 3.63) is 47.6 Å². The molecule has 0 N–H and O–H groups in total. The minimum atomic E-state index is -0.378. The quantitative estimate of drug-likeness (QED) is 0.816. The van der Waals surface area contributed by atoms with Crippen molar-refractivity contribution in [2.75, 3.05) is 7.11 Å². The van der Waals surface area contributed by atoms with Crippen molar-refractivity contribution in [1.29, 1.82) is 0 Å². The molecule has 1 atom stereocenters. The van der Waals surface area contributed by atoms with E-state index in [1.165, 1.54) is 0 Å². The van der Waals surface area contributed by atoms with Crippen LogP contribution in [0.15, 0.2) is 47.0 Å². The van der Waals surface area contributed by atoms with Gasteiger partial charge in [-0.1, -0.05) is 18.2 Å². The highest BCUT2D eigenvalue weighted by Crippen LogP contribution is 2.19. The van der Waals surface area contributed by atoms with Gasteiger partial charge in [-0.3, -0.25) is 9.79 Å². The maximum absolute atomic E-state index is 11.5. The summed E-state index contributed by atoms with van der Waals surface area (Å²) in [5.74, 6) is 0.868. The van der Waals surface area contributed by atoms with E-state index >= 15 is 0 Å². The molecule has 0 saturated heterocycles. The molecule has 92 valence electrons. The molecule has 0 aromatic heterocycles. The van der Waals surface area contributed by atoms with Crippen LogP contribution in [0.4, 0.5) is 0 Å². The van der Waals surface area contributed by atoms with E-state index in [1.807, 2.05) is 42.5 Å². The van der Waals surface area contributed by atoms with E-state index < -0.39 is 0 Å². The molecule has 1 aromatic rings. The van der Waals surface area contributed by atoms with Crippen molar-refractivity contribution < 1.29 is 9.53 Å². The second-order valence-corrected chi connectivity index (χ2v) is 4.09. The Morgan fingerprint density at radius 2 is 2.06 bits per heavy atom. The van der Waals surface area contributed by atoms with Gasteiger partial charge in [0.2, 0.25) is 0 Å². The summed E-state index contributed by atoms with van der Waals surface area (Å²) in [6.07, 6.45) is 7.40.